The number of benzene rings is 2. The molecule has 136 valence electrons. The number of carbonyl (C=O) groups excluding carboxylic acids is 2. The van der Waals surface area contributed by atoms with Crippen LogP contribution < -0.4 is 10.1 Å². The summed E-state index contributed by atoms with van der Waals surface area (Å²) in [6.07, 6.45) is 0. The topological polar surface area (TPSA) is 108 Å². The number of aryl methyl sites for hydroxylation is 1. The molecule has 0 saturated heterocycles. The van der Waals surface area contributed by atoms with Gasteiger partial charge in [-0.1, -0.05) is 11.6 Å². The van der Waals surface area contributed by atoms with E-state index < -0.39 is 23.4 Å². The van der Waals surface area contributed by atoms with Gasteiger partial charge in [0.25, 0.3) is 11.6 Å². The second-order valence-corrected chi connectivity index (χ2v) is 5.64. The van der Waals surface area contributed by atoms with Gasteiger partial charge < -0.3 is 14.8 Å². The Hall–Kier alpha value is -3.13. The molecule has 0 bridgehead atoms. The van der Waals surface area contributed by atoms with E-state index in [4.69, 9.17) is 21.1 Å². The first kappa shape index (κ1) is 19.2. The fourth-order valence-corrected chi connectivity index (χ4v) is 2.20. The SMILES string of the molecule is COc1cc(Cl)c(C)cc1NC(=O)COC(=O)c1ccc([N+](=O)[O-])cc1. The first-order valence-electron chi connectivity index (χ1n) is 7.37. The molecule has 0 fully saturated rings. The van der Waals surface area contributed by atoms with Gasteiger partial charge in [-0.3, -0.25) is 14.9 Å². The number of halogens is 1. The maximum atomic E-state index is 12.0. The Labute approximate surface area is 153 Å². The van der Waals surface area contributed by atoms with Crippen molar-refractivity contribution in [2.45, 2.75) is 6.92 Å². The van der Waals surface area contributed by atoms with Crippen molar-refractivity contribution in [3.63, 3.8) is 0 Å². The molecule has 0 heterocycles. The summed E-state index contributed by atoms with van der Waals surface area (Å²) in [4.78, 5) is 33.9. The highest BCUT2D eigenvalue weighted by atomic mass is 35.5. The molecule has 0 spiro atoms. The Balaban J connectivity index is 1.97. The average molecular weight is 379 g/mol. The minimum atomic E-state index is -0.769. The number of hydrogen-bond donors (Lipinski definition) is 1. The summed E-state index contributed by atoms with van der Waals surface area (Å²) in [5, 5.41) is 13.6. The zero-order chi connectivity index (χ0) is 19.3. The highest BCUT2D eigenvalue weighted by molar-refractivity contribution is 6.31. The molecule has 8 nitrogen and oxygen atoms in total. The van der Waals surface area contributed by atoms with Crippen molar-refractivity contribution in [1.82, 2.24) is 0 Å². The number of anilines is 1. The molecule has 0 aliphatic carbocycles. The maximum Gasteiger partial charge on any atom is 0.338 e. The van der Waals surface area contributed by atoms with Gasteiger partial charge >= 0.3 is 5.97 Å². The van der Waals surface area contributed by atoms with Crippen LogP contribution in [-0.2, 0) is 9.53 Å². The molecule has 0 unspecified atom stereocenters. The van der Waals surface area contributed by atoms with Crippen molar-refractivity contribution in [3.05, 3.63) is 62.7 Å². The lowest BCUT2D eigenvalue weighted by molar-refractivity contribution is -0.384. The summed E-state index contributed by atoms with van der Waals surface area (Å²) in [7, 11) is 1.44. The summed E-state index contributed by atoms with van der Waals surface area (Å²) in [5.41, 5.74) is 1.09. The van der Waals surface area contributed by atoms with Crippen molar-refractivity contribution >= 4 is 34.9 Å². The monoisotopic (exact) mass is 378 g/mol. The van der Waals surface area contributed by atoms with Crippen LogP contribution in [0.5, 0.6) is 5.75 Å². The van der Waals surface area contributed by atoms with E-state index in [0.717, 1.165) is 5.56 Å². The molecule has 0 saturated carbocycles. The van der Waals surface area contributed by atoms with Gasteiger partial charge in [-0.25, -0.2) is 4.79 Å². The third-order valence-corrected chi connectivity index (χ3v) is 3.81. The molecule has 0 aliphatic rings. The van der Waals surface area contributed by atoms with E-state index in [-0.39, 0.29) is 11.3 Å². The fraction of sp³-hybridized carbons (Fsp3) is 0.176. The Morgan fingerprint density at radius 3 is 2.46 bits per heavy atom. The molecule has 2 aromatic rings. The summed E-state index contributed by atoms with van der Waals surface area (Å²) in [6.45, 7) is 1.24. The second-order valence-electron chi connectivity index (χ2n) is 5.23. The standard InChI is InChI=1S/C17H15ClN2O6/c1-10-7-14(15(25-2)8-13(10)18)19-16(21)9-26-17(22)11-3-5-12(6-4-11)20(23)24/h3-8H,9H2,1-2H3,(H,19,21). The molecule has 2 aromatic carbocycles. The van der Waals surface area contributed by atoms with Gasteiger partial charge in [-0.15, -0.1) is 0 Å². The largest absolute Gasteiger partial charge is 0.495 e. The molecular formula is C17H15ClN2O6. The van der Waals surface area contributed by atoms with Gasteiger partial charge in [0, 0.05) is 23.2 Å². The molecular weight excluding hydrogens is 364 g/mol. The fourth-order valence-electron chi connectivity index (χ4n) is 2.05. The van der Waals surface area contributed by atoms with Crippen molar-refractivity contribution in [1.29, 1.82) is 0 Å². The zero-order valence-electron chi connectivity index (χ0n) is 13.9. The van der Waals surface area contributed by atoms with Crippen LogP contribution in [0.15, 0.2) is 36.4 Å². The number of nitro benzene ring substituents is 1. The number of hydrogen-bond acceptors (Lipinski definition) is 6. The molecule has 1 N–H and O–H groups in total. The molecule has 0 radical (unpaired) electrons. The van der Waals surface area contributed by atoms with Crippen LogP contribution in [0.1, 0.15) is 15.9 Å². The molecule has 2 rings (SSSR count). The molecule has 0 aromatic heterocycles. The van der Waals surface area contributed by atoms with Crippen LogP contribution in [0.2, 0.25) is 5.02 Å². The summed E-state index contributed by atoms with van der Waals surface area (Å²) < 4.78 is 10.0. The Bertz CT molecular complexity index is 851. The van der Waals surface area contributed by atoms with Gasteiger partial charge in [0.05, 0.1) is 23.3 Å². The first-order valence-corrected chi connectivity index (χ1v) is 7.75. The van der Waals surface area contributed by atoms with E-state index in [0.29, 0.717) is 16.5 Å². The van der Waals surface area contributed by atoms with Crippen LogP contribution in [0.4, 0.5) is 11.4 Å². The van der Waals surface area contributed by atoms with Crippen LogP contribution in [0, 0.1) is 17.0 Å². The minimum absolute atomic E-state index is 0.100. The molecule has 9 heteroatoms. The van der Waals surface area contributed by atoms with E-state index in [9.17, 15) is 19.7 Å². The van der Waals surface area contributed by atoms with E-state index in [1.807, 2.05) is 0 Å². The summed E-state index contributed by atoms with van der Waals surface area (Å²) >= 11 is 6.00. The number of ether oxygens (including phenoxy) is 2. The predicted octanol–water partition coefficient (Wildman–Crippen LogP) is 3.36. The number of amides is 1. The first-order chi connectivity index (χ1) is 12.3. The number of esters is 1. The van der Waals surface area contributed by atoms with E-state index in [1.54, 1.807) is 19.1 Å². The van der Waals surface area contributed by atoms with E-state index in [2.05, 4.69) is 5.32 Å². The minimum Gasteiger partial charge on any atom is -0.495 e. The number of nitro groups is 1. The number of carbonyl (C=O) groups is 2. The van der Waals surface area contributed by atoms with Gasteiger partial charge in [-0.05, 0) is 30.7 Å². The number of nitrogens with one attached hydrogen (secondary N) is 1. The Kier molecular flexibility index (Phi) is 6.13. The number of nitrogens with zero attached hydrogens (tertiary/aromatic N) is 1. The van der Waals surface area contributed by atoms with Gasteiger partial charge in [0.1, 0.15) is 5.75 Å². The van der Waals surface area contributed by atoms with Crippen LogP contribution >= 0.6 is 11.6 Å². The Morgan fingerprint density at radius 2 is 1.88 bits per heavy atom. The molecule has 0 aliphatic heterocycles. The Morgan fingerprint density at radius 1 is 1.23 bits per heavy atom. The lowest BCUT2D eigenvalue weighted by Gasteiger charge is -2.12. The van der Waals surface area contributed by atoms with Crippen LogP contribution in [0.25, 0.3) is 0 Å². The van der Waals surface area contributed by atoms with E-state index in [1.165, 1.54) is 31.4 Å². The predicted molar refractivity (Wildman–Crippen MR) is 94.7 cm³/mol. The van der Waals surface area contributed by atoms with Crippen molar-refractivity contribution in [3.8, 4) is 5.75 Å². The smallest absolute Gasteiger partial charge is 0.338 e. The molecule has 0 atom stereocenters. The van der Waals surface area contributed by atoms with Crippen molar-refractivity contribution < 1.29 is 24.0 Å². The van der Waals surface area contributed by atoms with E-state index >= 15 is 0 Å². The van der Waals surface area contributed by atoms with Gasteiger partial charge in [0.15, 0.2) is 6.61 Å². The lowest BCUT2D eigenvalue weighted by Crippen LogP contribution is -2.21. The second kappa shape index (κ2) is 8.30. The summed E-state index contributed by atoms with van der Waals surface area (Å²) in [5.74, 6) is -0.967. The van der Waals surface area contributed by atoms with Crippen molar-refractivity contribution in [2.24, 2.45) is 0 Å². The third kappa shape index (κ3) is 4.70. The number of non-ortho nitro benzene ring substituents is 1. The molecule has 1 amide bonds. The normalized spacial score (nSPS) is 10.1. The van der Waals surface area contributed by atoms with Gasteiger partial charge in [-0.2, -0.15) is 0 Å². The lowest BCUT2D eigenvalue weighted by atomic mass is 10.2. The quantitative estimate of drug-likeness (QED) is 0.469. The number of methoxy groups -OCH3 is 1. The van der Waals surface area contributed by atoms with Crippen molar-refractivity contribution in [2.75, 3.05) is 19.0 Å². The highest BCUT2D eigenvalue weighted by Crippen LogP contribution is 2.30. The number of rotatable bonds is 6. The van der Waals surface area contributed by atoms with Crippen LogP contribution in [0.3, 0.4) is 0 Å². The average Bonchev–Trinajstić information content (AvgIpc) is 2.62. The maximum absolute atomic E-state index is 12.0. The van der Waals surface area contributed by atoms with Gasteiger partial charge in [0.2, 0.25) is 0 Å². The van der Waals surface area contributed by atoms with Crippen LogP contribution in [-0.4, -0.2) is 30.5 Å². The highest BCUT2D eigenvalue weighted by Gasteiger charge is 2.14. The zero-order valence-corrected chi connectivity index (χ0v) is 14.7. The summed E-state index contributed by atoms with van der Waals surface area (Å²) in [6, 6.07) is 8.07. The molecule has 26 heavy (non-hydrogen) atoms. The third-order valence-electron chi connectivity index (χ3n) is 3.40.